The van der Waals surface area contributed by atoms with E-state index in [0.717, 1.165) is 32.4 Å². The average molecular weight is 229 g/mol. The highest BCUT2D eigenvalue weighted by molar-refractivity contribution is 5.80. The second kappa shape index (κ2) is 5.09. The molecule has 2 saturated heterocycles. The summed E-state index contributed by atoms with van der Waals surface area (Å²) in [5.74, 6) is 4.81. The number of carbonyl (C=O) groups is 1. The molecule has 2 rings (SSSR count). The average Bonchev–Trinajstić information content (AvgIpc) is 2.87. The summed E-state index contributed by atoms with van der Waals surface area (Å²) >= 11 is 0. The highest BCUT2D eigenvalue weighted by Crippen LogP contribution is 2.22. The summed E-state index contributed by atoms with van der Waals surface area (Å²) in [5, 5.41) is 9.39. The number of β-amino-alcohol motifs (C(OH)–C–C–N with tert-alkyl or cyclic N) is 1. The Balaban J connectivity index is 1.74. The van der Waals surface area contributed by atoms with Gasteiger partial charge in [0.25, 0.3) is 5.91 Å². The number of nitrogens with two attached hydrogens (primary N) is 1. The van der Waals surface area contributed by atoms with E-state index < -0.39 is 6.10 Å². The third-order valence-corrected chi connectivity index (χ3v) is 3.25. The van der Waals surface area contributed by atoms with Crippen LogP contribution in [-0.2, 0) is 9.53 Å². The first kappa shape index (κ1) is 11.8. The Bertz CT molecular complexity index is 262. The fourth-order valence-electron chi connectivity index (χ4n) is 2.39. The first-order valence-corrected chi connectivity index (χ1v) is 5.75. The number of aliphatic hydroxyl groups excluding tert-OH is 1. The zero-order valence-electron chi connectivity index (χ0n) is 9.26. The van der Waals surface area contributed by atoms with Crippen LogP contribution in [0.15, 0.2) is 0 Å². The quantitative estimate of drug-likeness (QED) is 0.314. The van der Waals surface area contributed by atoms with Crippen LogP contribution in [0.5, 0.6) is 0 Å². The Kier molecular flexibility index (Phi) is 3.75. The van der Waals surface area contributed by atoms with E-state index in [1.165, 1.54) is 0 Å². The van der Waals surface area contributed by atoms with E-state index in [9.17, 15) is 9.90 Å². The maximum absolute atomic E-state index is 11.2. The summed E-state index contributed by atoms with van der Waals surface area (Å²) in [6.45, 7) is 2.42. The molecule has 2 fully saturated rings. The van der Waals surface area contributed by atoms with Gasteiger partial charge >= 0.3 is 0 Å². The number of nitrogens with zero attached hydrogens (tertiary/aromatic N) is 1. The van der Waals surface area contributed by atoms with Gasteiger partial charge in [0.05, 0.1) is 12.2 Å². The van der Waals surface area contributed by atoms with Crippen LogP contribution in [0, 0.1) is 0 Å². The number of aliphatic hydroxyl groups is 1. The molecule has 0 bridgehead atoms. The third kappa shape index (κ3) is 2.70. The molecule has 0 saturated carbocycles. The smallest absolute Gasteiger partial charge is 0.263 e. The number of carbonyl (C=O) groups excluding carboxylic acids is 1. The van der Waals surface area contributed by atoms with Crippen LogP contribution in [0.25, 0.3) is 0 Å². The van der Waals surface area contributed by atoms with Crippen LogP contribution in [0.3, 0.4) is 0 Å². The molecule has 3 atom stereocenters. The van der Waals surface area contributed by atoms with Gasteiger partial charge in [-0.1, -0.05) is 0 Å². The van der Waals surface area contributed by atoms with Crippen LogP contribution in [-0.4, -0.2) is 53.9 Å². The lowest BCUT2D eigenvalue weighted by Gasteiger charge is -2.20. The van der Waals surface area contributed by atoms with Crippen molar-refractivity contribution in [1.29, 1.82) is 0 Å². The molecule has 6 nitrogen and oxygen atoms in total. The molecule has 6 heteroatoms. The van der Waals surface area contributed by atoms with Crippen molar-refractivity contribution >= 4 is 5.91 Å². The van der Waals surface area contributed by atoms with Gasteiger partial charge in [0.15, 0.2) is 0 Å². The molecular formula is C10H19N3O3. The maximum atomic E-state index is 11.2. The molecule has 0 aromatic rings. The number of nitrogens with one attached hydrogen (secondary N) is 1. The van der Waals surface area contributed by atoms with Crippen molar-refractivity contribution in [3.63, 3.8) is 0 Å². The standard InChI is InChI=1S/C10H19N3O3/c11-12-10(15)9-2-1-8(16-9)6-13-4-3-7(14)5-13/h7-9,14H,1-6,11H2,(H,12,15). The van der Waals surface area contributed by atoms with E-state index in [4.69, 9.17) is 10.6 Å². The van der Waals surface area contributed by atoms with E-state index in [-0.39, 0.29) is 18.1 Å². The van der Waals surface area contributed by atoms with Gasteiger partial charge in [-0.25, -0.2) is 5.84 Å². The summed E-state index contributed by atoms with van der Waals surface area (Å²) < 4.78 is 5.60. The van der Waals surface area contributed by atoms with Crippen molar-refractivity contribution in [2.75, 3.05) is 19.6 Å². The predicted octanol–water partition coefficient (Wildman–Crippen LogP) is -1.41. The summed E-state index contributed by atoms with van der Waals surface area (Å²) in [4.78, 5) is 13.4. The Morgan fingerprint density at radius 1 is 1.50 bits per heavy atom. The van der Waals surface area contributed by atoms with Gasteiger partial charge in [0.2, 0.25) is 0 Å². The van der Waals surface area contributed by atoms with Crippen LogP contribution >= 0.6 is 0 Å². The van der Waals surface area contributed by atoms with E-state index in [2.05, 4.69) is 10.3 Å². The topological polar surface area (TPSA) is 87.8 Å². The van der Waals surface area contributed by atoms with Crippen molar-refractivity contribution in [1.82, 2.24) is 10.3 Å². The molecule has 0 aliphatic carbocycles. The monoisotopic (exact) mass is 229 g/mol. The number of hydrogen-bond donors (Lipinski definition) is 3. The number of hydrogen-bond acceptors (Lipinski definition) is 5. The van der Waals surface area contributed by atoms with Gasteiger partial charge in [0, 0.05) is 19.6 Å². The van der Waals surface area contributed by atoms with E-state index in [1.807, 2.05) is 0 Å². The van der Waals surface area contributed by atoms with Crippen LogP contribution < -0.4 is 11.3 Å². The molecule has 0 aromatic carbocycles. The molecule has 3 unspecified atom stereocenters. The van der Waals surface area contributed by atoms with E-state index >= 15 is 0 Å². The van der Waals surface area contributed by atoms with Crippen molar-refractivity contribution < 1.29 is 14.6 Å². The zero-order valence-corrected chi connectivity index (χ0v) is 9.26. The molecule has 2 heterocycles. The maximum Gasteiger partial charge on any atom is 0.263 e. The molecule has 4 N–H and O–H groups in total. The van der Waals surface area contributed by atoms with Gasteiger partial charge in [-0.05, 0) is 19.3 Å². The minimum atomic E-state index is -0.400. The molecular weight excluding hydrogens is 210 g/mol. The van der Waals surface area contributed by atoms with Crippen LogP contribution in [0.2, 0.25) is 0 Å². The van der Waals surface area contributed by atoms with Gasteiger partial charge in [-0.15, -0.1) is 0 Å². The van der Waals surface area contributed by atoms with Crippen molar-refractivity contribution in [3.05, 3.63) is 0 Å². The SMILES string of the molecule is NNC(=O)C1CCC(CN2CCC(O)C2)O1. The van der Waals surface area contributed by atoms with Crippen molar-refractivity contribution in [3.8, 4) is 0 Å². The number of amides is 1. The summed E-state index contributed by atoms with van der Waals surface area (Å²) in [5.41, 5.74) is 2.11. The highest BCUT2D eigenvalue weighted by atomic mass is 16.5. The Hall–Kier alpha value is -0.690. The third-order valence-electron chi connectivity index (χ3n) is 3.25. The van der Waals surface area contributed by atoms with Gasteiger partial charge in [-0.2, -0.15) is 0 Å². The molecule has 0 spiro atoms. The fraction of sp³-hybridized carbons (Fsp3) is 0.900. The molecule has 0 radical (unpaired) electrons. The second-order valence-corrected chi connectivity index (χ2v) is 4.53. The van der Waals surface area contributed by atoms with Crippen LogP contribution in [0.1, 0.15) is 19.3 Å². The second-order valence-electron chi connectivity index (χ2n) is 4.53. The molecule has 16 heavy (non-hydrogen) atoms. The van der Waals surface area contributed by atoms with Gasteiger partial charge < -0.3 is 9.84 Å². The molecule has 2 aliphatic rings. The Labute approximate surface area is 94.7 Å². The fourth-order valence-corrected chi connectivity index (χ4v) is 2.39. The summed E-state index contributed by atoms with van der Waals surface area (Å²) in [7, 11) is 0. The molecule has 1 amide bonds. The minimum Gasteiger partial charge on any atom is -0.392 e. The molecule has 0 aromatic heterocycles. The van der Waals surface area contributed by atoms with E-state index in [1.54, 1.807) is 0 Å². The van der Waals surface area contributed by atoms with Gasteiger partial charge in [0.1, 0.15) is 6.10 Å². The lowest BCUT2D eigenvalue weighted by Crippen LogP contribution is -2.40. The Morgan fingerprint density at radius 2 is 2.31 bits per heavy atom. The minimum absolute atomic E-state index is 0.0904. The normalized spacial score (nSPS) is 35.5. The zero-order chi connectivity index (χ0) is 11.5. The Morgan fingerprint density at radius 3 is 2.94 bits per heavy atom. The van der Waals surface area contributed by atoms with Gasteiger partial charge in [-0.3, -0.25) is 15.1 Å². The van der Waals surface area contributed by atoms with Crippen LogP contribution in [0.4, 0.5) is 0 Å². The first-order chi connectivity index (χ1) is 7.69. The lowest BCUT2D eigenvalue weighted by atomic mass is 10.2. The number of likely N-dealkylation sites (tertiary alicyclic amines) is 1. The number of hydrazine groups is 1. The predicted molar refractivity (Wildman–Crippen MR) is 57.3 cm³/mol. The summed E-state index contributed by atoms with van der Waals surface area (Å²) in [6.07, 6.45) is 1.92. The summed E-state index contributed by atoms with van der Waals surface area (Å²) in [6, 6.07) is 0. The van der Waals surface area contributed by atoms with E-state index in [0.29, 0.717) is 6.54 Å². The first-order valence-electron chi connectivity index (χ1n) is 5.75. The highest BCUT2D eigenvalue weighted by Gasteiger charge is 2.32. The molecule has 2 aliphatic heterocycles. The largest absolute Gasteiger partial charge is 0.392 e. The lowest BCUT2D eigenvalue weighted by molar-refractivity contribution is -0.132. The van der Waals surface area contributed by atoms with Crippen molar-refractivity contribution in [2.24, 2.45) is 5.84 Å². The number of rotatable bonds is 3. The number of ether oxygens (including phenoxy) is 1. The van der Waals surface area contributed by atoms with Crippen molar-refractivity contribution in [2.45, 2.75) is 37.6 Å². The molecule has 92 valence electrons.